The van der Waals surface area contributed by atoms with E-state index in [9.17, 15) is 4.79 Å². The summed E-state index contributed by atoms with van der Waals surface area (Å²) >= 11 is 0. The second kappa shape index (κ2) is 7.13. The largest absolute Gasteiger partial charge is 0.357 e. The fraction of sp³-hybridized carbons (Fsp3) is 0.500. The van der Waals surface area contributed by atoms with Gasteiger partial charge < -0.3 is 5.32 Å². The molecule has 1 heterocycles. The Morgan fingerprint density at radius 3 is 2.39 bits per heavy atom. The maximum absolute atomic E-state index is 10.2. The van der Waals surface area contributed by atoms with E-state index in [2.05, 4.69) is 45.4 Å². The summed E-state index contributed by atoms with van der Waals surface area (Å²) in [5.74, 6) is 0. The van der Waals surface area contributed by atoms with Gasteiger partial charge in [0, 0.05) is 45.8 Å². The zero-order valence-corrected chi connectivity index (χ0v) is 10.7. The predicted octanol–water partition coefficient (Wildman–Crippen LogP) is 0.550. The van der Waals surface area contributed by atoms with Gasteiger partial charge in [-0.15, -0.1) is 0 Å². The Hall–Kier alpha value is -1.39. The molecule has 98 valence electrons. The number of amides is 1. The summed E-state index contributed by atoms with van der Waals surface area (Å²) in [5, 5.41) is 2.71. The summed E-state index contributed by atoms with van der Waals surface area (Å²) in [6, 6.07) is 10.6. The van der Waals surface area contributed by atoms with Gasteiger partial charge in [0.05, 0.1) is 0 Å². The standard InChI is InChI=1S/C14H21N3O/c18-13-15-6-7-16-8-10-17(11-9-16)12-14-4-2-1-3-5-14/h1-5,13H,6-12H2,(H,15,18). The van der Waals surface area contributed by atoms with Crippen LogP contribution >= 0.6 is 0 Å². The lowest BCUT2D eigenvalue weighted by Gasteiger charge is -2.34. The average molecular weight is 247 g/mol. The van der Waals surface area contributed by atoms with E-state index in [0.29, 0.717) is 0 Å². The van der Waals surface area contributed by atoms with Gasteiger partial charge >= 0.3 is 0 Å². The highest BCUT2D eigenvalue weighted by molar-refractivity contribution is 5.45. The van der Waals surface area contributed by atoms with Gasteiger partial charge in [0.1, 0.15) is 0 Å². The minimum Gasteiger partial charge on any atom is -0.357 e. The van der Waals surface area contributed by atoms with Crippen LogP contribution in [0, 0.1) is 0 Å². The molecule has 0 bridgehead atoms. The molecule has 0 spiro atoms. The number of piperazine rings is 1. The molecule has 1 aliphatic rings. The number of nitrogens with one attached hydrogen (secondary N) is 1. The average Bonchev–Trinajstić information content (AvgIpc) is 2.42. The van der Waals surface area contributed by atoms with Crippen molar-refractivity contribution in [1.82, 2.24) is 15.1 Å². The summed E-state index contributed by atoms with van der Waals surface area (Å²) in [6.07, 6.45) is 0.769. The summed E-state index contributed by atoms with van der Waals surface area (Å²) in [4.78, 5) is 15.0. The molecule has 18 heavy (non-hydrogen) atoms. The van der Waals surface area contributed by atoms with Crippen molar-refractivity contribution >= 4 is 6.41 Å². The molecule has 2 rings (SSSR count). The first-order chi connectivity index (χ1) is 8.88. The monoisotopic (exact) mass is 247 g/mol. The molecule has 0 radical (unpaired) electrons. The summed E-state index contributed by atoms with van der Waals surface area (Å²) in [7, 11) is 0. The van der Waals surface area contributed by atoms with E-state index in [4.69, 9.17) is 0 Å². The molecule has 4 heteroatoms. The third-order valence-electron chi connectivity index (χ3n) is 3.37. The lowest BCUT2D eigenvalue weighted by molar-refractivity contribution is -0.109. The van der Waals surface area contributed by atoms with Gasteiger partial charge in [0.15, 0.2) is 0 Å². The minimum absolute atomic E-state index is 0.752. The molecule has 1 aromatic carbocycles. The number of benzene rings is 1. The minimum atomic E-state index is 0.752. The summed E-state index contributed by atoms with van der Waals surface area (Å²) in [6.45, 7) is 7.15. The highest BCUT2D eigenvalue weighted by Crippen LogP contribution is 2.07. The second-order valence-electron chi connectivity index (χ2n) is 4.68. The van der Waals surface area contributed by atoms with E-state index in [1.54, 1.807) is 0 Å². The normalized spacial score (nSPS) is 17.6. The highest BCUT2D eigenvalue weighted by Gasteiger charge is 2.16. The molecule has 0 saturated carbocycles. The Kier molecular flexibility index (Phi) is 5.17. The molecule has 1 aromatic rings. The number of hydrogen-bond acceptors (Lipinski definition) is 3. The molecule has 0 aromatic heterocycles. The molecular formula is C14H21N3O. The molecule has 0 unspecified atom stereocenters. The van der Waals surface area contributed by atoms with Crippen molar-refractivity contribution in [2.45, 2.75) is 6.54 Å². The van der Waals surface area contributed by atoms with E-state index < -0.39 is 0 Å². The van der Waals surface area contributed by atoms with E-state index in [-0.39, 0.29) is 0 Å². The number of nitrogens with zero attached hydrogens (tertiary/aromatic N) is 2. The fourth-order valence-electron chi connectivity index (χ4n) is 2.29. The van der Waals surface area contributed by atoms with Crippen LogP contribution in [0.3, 0.4) is 0 Å². The van der Waals surface area contributed by atoms with Crippen LogP contribution in [0.2, 0.25) is 0 Å². The van der Waals surface area contributed by atoms with E-state index in [0.717, 1.165) is 52.2 Å². The van der Waals surface area contributed by atoms with Crippen molar-refractivity contribution in [2.75, 3.05) is 39.3 Å². The quantitative estimate of drug-likeness (QED) is 0.589. The molecule has 0 aliphatic carbocycles. The van der Waals surface area contributed by atoms with Gasteiger partial charge in [-0.1, -0.05) is 30.3 Å². The van der Waals surface area contributed by atoms with Gasteiger partial charge in [0.2, 0.25) is 6.41 Å². The summed E-state index contributed by atoms with van der Waals surface area (Å²) in [5.41, 5.74) is 1.38. The molecule has 4 nitrogen and oxygen atoms in total. The second-order valence-corrected chi connectivity index (χ2v) is 4.68. The van der Waals surface area contributed by atoms with E-state index in [1.165, 1.54) is 5.56 Å². The first-order valence-corrected chi connectivity index (χ1v) is 6.54. The Morgan fingerprint density at radius 1 is 1.06 bits per heavy atom. The van der Waals surface area contributed by atoms with Crippen molar-refractivity contribution in [3.05, 3.63) is 35.9 Å². The van der Waals surface area contributed by atoms with Gasteiger partial charge in [-0.05, 0) is 5.56 Å². The van der Waals surface area contributed by atoms with Gasteiger partial charge in [0.25, 0.3) is 0 Å². The zero-order chi connectivity index (χ0) is 12.6. The number of hydrogen-bond donors (Lipinski definition) is 1. The Bertz CT molecular complexity index is 347. The molecule has 1 saturated heterocycles. The van der Waals surface area contributed by atoms with Crippen LogP contribution in [0.25, 0.3) is 0 Å². The molecular weight excluding hydrogens is 226 g/mol. The first-order valence-electron chi connectivity index (χ1n) is 6.54. The fourth-order valence-corrected chi connectivity index (χ4v) is 2.29. The lowest BCUT2D eigenvalue weighted by atomic mass is 10.2. The van der Waals surface area contributed by atoms with Crippen molar-refractivity contribution in [3.8, 4) is 0 Å². The molecule has 1 amide bonds. The predicted molar refractivity (Wildman–Crippen MR) is 72.2 cm³/mol. The van der Waals surface area contributed by atoms with Gasteiger partial charge in [-0.3, -0.25) is 14.6 Å². The van der Waals surface area contributed by atoms with Crippen LogP contribution in [0.5, 0.6) is 0 Å². The van der Waals surface area contributed by atoms with Crippen LogP contribution < -0.4 is 5.32 Å². The van der Waals surface area contributed by atoms with Crippen molar-refractivity contribution in [1.29, 1.82) is 0 Å². The maximum Gasteiger partial charge on any atom is 0.207 e. The smallest absolute Gasteiger partial charge is 0.207 e. The van der Waals surface area contributed by atoms with E-state index in [1.807, 2.05) is 0 Å². The maximum atomic E-state index is 10.2. The lowest BCUT2D eigenvalue weighted by Crippen LogP contribution is -2.47. The third-order valence-corrected chi connectivity index (χ3v) is 3.37. The van der Waals surface area contributed by atoms with Crippen LogP contribution in [0.1, 0.15) is 5.56 Å². The number of rotatable bonds is 6. The van der Waals surface area contributed by atoms with Crippen LogP contribution in [-0.4, -0.2) is 55.5 Å². The Balaban J connectivity index is 1.68. The molecule has 1 fully saturated rings. The topological polar surface area (TPSA) is 35.6 Å². The van der Waals surface area contributed by atoms with Crippen LogP contribution in [0.4, 0.5) is 0 Å². The molecule has 1 N–H and O–H groups in total. The summed E-state index contributed by atoms with van der Waals surface area (Å²) < 4.78 is 0. The number of carbonyl (C=O) groups is 1. The van der Waals surface area contributed by atoms with Crippen molar-refractivity contribution in [2.24, 2.45) is 0 Å². The van der Waals surface area contributed by atoms with Crippen molar-refractivity contribution < 1.29 is 4.79 Å². The molecule has 0 atom stereocenters. The van der Waals surface area contributed by atoms with Gasteiger partial charge in [-0.2, -0.15) is 0 Å². The number of carbonyl (C=O) groups excluding carboxylic acids is 1. The molecule has 1 aliphatic heterocycles. The van der Waals surface area contributed by atoms with Crippen LogP contribution in [0.15, 0.2) is 30.3 Å². The third kappa shape index (κ3) is 4.13. The Labute approximate surface area is 109 Å². The van der Waals surface area contributed by atoms with Gasteiger partial charge in [-0.25, -0.2) is 0 Å². The SMILES string of the molecule is O=CNCCN1CCN(Cc2ccccc2)CC1. The Morgan fingerprint density at radius 2 is 1.72 bits per heavy atom. The van der Waals surface area contributed by atoms with E-state index >= 15 is 0 Å². The van der Waals surface area contributed by atoms with Crippen LogP contribution in [-0.2, 0) is 11.3 Å². The zero-order valence-electron chi connectivity index (χ0n) is 10.7. The first kappa shape index (κ1) is 13.1. The van der Waals surface area contributed by atoms with Crippen molar-refractivity contribution in [3.63, 3.8) is 0 Å². The highest BCUT2D eigenvalue weighted by atomic mass is 16.1.